The number of β-amino-alcohol motifs (C(OH)–C–C–N with tert-alkyl or cyclic N) is 1. The van der Waals surface area contributed by atoms with Crippen LogP contribution in [0, 0.1) is 5.92 Å². The number of likely N-dealkylation sites (tertiary alicyclic amines) is 1. The summed E-state index contributed by atoms with van der Waals surface area (Å²) >= 11 is 0. The summed E-state index contributed by atoms with van der Waals surface area (Å²) in [5, 5.41) is 18.9. The summed E-state index contributed by atoms with van der Waals surface area (Å²) in [4.78, 5) is 13.2. The van der Waals surface area contributed by atoms with Crippen LogP contribution in [0.1, 0.15) is 32.1 Å². The van der Waals surface area contributed by atoms with E-state index in [0.717, 1.165) is 25.7 Å². The first-order valence-corrected chi connectivity index (χ1v) is 5.79. The third kappa shape index (κ3) is 2.69. The zero-order valence-corrected chi connectivity index (χ0v) is 8.93. The van der Waals surface area contributed by atoms with E-state index in [4.69, 9.17) is 0 Å². The van der Waals surface area contributed by atoms with E-state index in [2.05, 4.69) is 0 Å². The van der Waals surface area contributed by atoms with Crippen molar-refractivity contribution in [1.82, 2.24) is 4.90 Å². The Morgan fingerprint density at radius 1 is 1.27 bits per heavy atom. The average molecular weight is 213 g/mol. The van der Waals surface area contributed by atoms with Gasteiger partial charge in [-0.3, -0.25) is 4.79 Å². The number of amides is 1. The highest BCUT2D eigenvalue weighted by Crippen LogP contribution is 2.26. The molecule has 1 aliphatic heterocycles. The van der Waals surface area contributed by atoms with Gasteiger partial charge in [-0.25, -0.2) is 0 Å². The van der Waals surface area contributed by atoms with Crippen molar-refractivity contribution >= 4 is 5.91 Å². The van der Waals surface area contributed by atoms with Crippen LogP contribution in [0.3, 0.4) is 0 Å². The van der Waals surface area contributed by atoms with Crippen molar-refractivity contribution in [2.24, 2.45) is 5.92 Å². The van der Waals surface area contributed by atoms with Crippen LogP contribution in [0.4, 0.5) is 0 Å². The molecule has 86 valence electrons. The second kappa shape index (κ2) is 4.49. The molecule has 0 aromatic rings. The minimum absolute atomic E-state index is 0.0579. The van der Waals surface area contributed by atoms with Crippen LogP contribution in [-0.4, -0.2) is 46.3 Å². The largest absolute Gasteiger partial charge is 0.393 e. The zero-order chi connectivity index (χ0) is 10.8. The highest BCUT2D eigenvalue weighted by Gasteiger charge is 2.31. The topological polar surface area (TPSA) is 60.8 Å². The van der Waals surface area contributed by atoms with Gasteiger partial charge in [-0.05, 0) is 25.2 Å². The van der Waals surface area contributed by atoms with E-state index in [1.165, 1.54) is 0 Å². The van der Waals surface area contributed by atoms with Gasteiger partial charge in [0.15, 0.2) is 0 Å². The van der Waals surface area contributed by atoms with E-state index >= 15 is 0 Å². The average Bonchev–Trinajstić information content (AvgIpc) is 2.45. The molecule has 4 heteroatoms. The van der Waals surface area contributed by atoms with E-state index in [1.54, 1.807) is 4.90 Å². The van der Waals surface area contributed by atoms with E-state index in [1.807, 2.05) is 0 Å². The summed E-state index contributed by atoms with van der Waals surface area (Å²) in [6.07, 6.45) is 3.45. The predicted molar refractivity (Wildman–Crippen MR) is 55.2 cm³/mol. The van der Waals surface area contributed by atoms with Crippen molar-refractivity contribution in [2.75, 3.05) is 13.1 Å². The van der Waals surface area contributed by atoms with Crippen molar-refractivity contribution < 1.29 is 15.0 Å². The lowest BCUT2D eigenvalue weighted by molar-refractivity contribution is -0.128. The number of hydrogen-bond acceptors (Lipinski definition) is 3. The monoisotopic (exact) mass is 213 g/mol. The first-order valence-electron chi connectivity index (χ1n) is 5.79. The molecular weight excluding hydrogens is 194 g/mol. The Morgan fingerprint density at radius 2 is 2.07 bits per heavy atom. The summed E-state index contributed by atoms with van der Waals surface area (Å²) < 4.78 is 0. The van der Waals surface area contributed by atoms with Gasteiger partial charge < -0.3 is 15.1 Å². The molecule has 15 heavy (non-hydrogen) atoms. The quantitative estimate of drug-likeness (QED) is 0.685. The van der Waals surface area contributed by atoms with Gasteiger partial charge >= 0.3 is 0 Å². The Labute approximate surface area is 89.9 Å². The molecule has 2 rings (SSSR count). The van der Waals surface area contributed by atoms with E-state index in [9.17, 15) is 15.0 Å². The zero-order valence-electron chi connectivity index (χ0n) is 8.93. The van der Waals surface area contributed by atoms with Crippen LogP contribution in [0.25, 0.3) is 0 Å². The maximum atomic E-state index is 11.4. The molecule has 0 bridgehead atoms. The molecule has 0 radical (unpaired) electrons. The van der Waals surface area contributed by atoms with E-state index in [-0.39, 0.29) is 18.4 Å². The first-order chi connectivity index (χ1) is 7.15. The van der Waals surface area contributed by atoms with Gasteiger partial charge in [0.1, 0.15) is 0 Å². The van der Waals surface area contributed by atoms with Crippen molar-refractivity contribution in [3.05, 3.63) is 0 Å². The SMILES string of the molecule is O=C1CC(O)CN1CC1CCCC(O)C1. The normalized spacial score (nSPS) is 37.3. The van der Waals surface area contributed by atoms with Gasteiger partial charge in [-0.1, -0.05) is 6.42 Å². The Hall–Kier alpha value is -0.610. The fourth-order valence-corrected chi connectivity index (χ4v) is 2.67. The van der Waals surface area contributed by atoms with Gasteiger partial charge in [-0.2, -0.15) is 0 Å². The van der Waals surface area contributed by atoms with Crippen LogP contribution < -0.4 is 0 Å². The summed E-state index contributed by atoms with van der Waals surface area (Å²) in [5.74, 6) is 0.477. The lowest BCUT2D eigenvalue weighted by Gasteiger charge is -2.29. The summed E-state index contributed by atoms with van der Waals surface area (Å²) in [5.41, 5.74) is 0. The maximum absolute atomic E-state index is 11.4. The number of nitrogens with zero attached hydrogens (tertiary/aromatic N) is 1. The Morgan fingerprint density at radius 3 is 2.67 bits per heavy atom. The van der Waals surface area contributed by atoms with Crippen LogP contribution in [-0.2, 0) is 4.79 Å². The Balaban J connectivity index is 1.83. The number of rotatable bonds is 2. The lowest BCUT2D eigenvalue weighted by atomic mass is 9.87. The maximum Gasteiger partial charge on any atom is 0.225 e. The minimum atomic E-state index is -0.481. The van der Waals surface area contributed by atoms with Gasteiger partial charge in [0.2, 0.25) is 5.91 Å². The molecule has 3 unspecified atom stereocenters. The first kappa shape index (κ1) is 10.9. The van der Waals surface area contributed by atoms with Crippen LogP contribution in [0.5, 0.6) is 0 Å². The van der Waals surface area contributed by atoms with Gasteiger partial charge in [0, 0.05) is 13.1 Å². The van der Waals surface area contributed by atoms with Crippen LogP contribution in [0.2, 0.25) is 0 Å². The minimum Gasteiger partial charge on any atom is -0.393 e. The summed E-state index contributed by atoms with van der Waals surface area (Å²) in [6, 6.07) is 0. The lowest BCUT2D eigenvalue weighted by Crippen LogP contribution is -2.34. The molecule has 2 aliphatic rings. The number of carbonyl (C=O) groups excluding carboxylic acids is 1. The van der Waals surface area contributed by atoms with Crippen LogP contribution >= 0.6 is 0 Å². The predicted octanol–water partition coefficient (Wildman–Crippen LogP) is 0.131. The number of carbonyl (C=O) groups is 1. The highest BCUT2D eigenvalue weighted by molar-refractivity contribution is 5.79. The highest BCUT2D eigenvalue weighted by atomic mass is 16.3. The van der Waals surface area contributed by atoms with Crippen LogP contribution in [0.15, 0.2) is 0 Å². The van der Waals surface area contributed by atoms with Gasteiger partial charge in [0.05, 0.1) is 18.6 Å². The van der Waals surface area contributed by atoms with Gasteiger partial charge in [-0.15, -0.1) is 0 Å². The molecule has 2 N–H and O–H groups in total. The number of aliphatic hydroxyl groups is 2. The molecule has 2 fully saturated rings. The molecular formula is C11H19NO3. The molecule has 3 atom stereocenters. The molecule has 1 heterocycles. The molecule has 1 aliphatic carbocycles. The summed E-state index contributed by atoms with van der Waals surface area (Å²) in [7, 11) is 0. The molecule has 1 saturated carbocycles. The third-order valence-electron chi connectivity index (χ3n) is 3.43. The smallest absolute Gasteiger partial charge is 0.225 e. The molecule has 1 amide bonds. The standard InChI is InChI=1S/C11H19NO3/c13-9-3-1-2-8(4-9)6-12-7-10(14)5-11(12)15/h8-10,13-14H,1-7H2. The Bertz CT molecular complexity index is 244. The Kier molecular flexibility index (Phi) is 3.26. The van der Waals surface area contributed by atoms with Crippen molar-refractivity contribution in [2.45, 2.75) is 44.3 Å². The molecule has 0 aromatic heterocycles. The van der Waals surface area contributed by atoms with Crippen molar-refractivity contribution in [3.8, 4) is 0 Å². The number of hydrogen-bond donors (Lipinski definition) is 2. The fraction of sp³-hybridized carbons (Fsp3) is 0.909. The second-order valence-electron chi connectivity index (χ2n) is 4.84. The summed E-state index contributed by atoms with van der Waals surface area (Å²) in [6.45, 7) is 1.19. The molecule has 0 aromatic carbocycles. The van der Waals surface area contributed by atoms with Crippen molar-refractivity contribution in [3.63, 3.8) is 0 Å². The van der Waals surface area contributed by atoms with E-state index in [0.29, 0.717) is 19.0 Å². The molecule has 0 spiro atoms. The van der Waals surface area contributed by atoms with Crippen molar-refractivity contribution in [1.29, 1.82) is 0 Å². The molecule has 4 nitrogen and oxygen atoms in total. The number of aliphatic hydroxyl groups excluding tert-OH is 2. The molecule has 1 saturated heterocycles. The fourth-order valence-electron chi connectivity index (χ4n) is 2.67. The van der Waals surface area contributed by atoms with Gasteiger partial charge in [0.25, 0.3) is 0 Å². The van der Waals surface area contributed by atoms with E-state index < -0.39 is 6.10 Å². The second-order valence-corrected chi connectivity index (χ2v) is 4.84. The third-order valence-corrected chi connectivity index (χ3v) is 3.43.